The predicted molar refractivity (Wildman–Crippen MR) is 222 cm³/mol. The van der Waals surface area contributed by atoms with Gasteiger partial charge in [0.2, 0.25) is 23.5 Å². The van der Waals surface area contributed by atoms with Gasteiger partial charge in [0, 0.05) is 75.3 Å². The van der Waals surface area contributed by atoms with Crippen molar-refractivity contribution in [3.05, 3.63) is 81.2 Å². The number of carbonyl (C=O) groups excluding carboxylic acids is 5. The lowest BCUT2D eigenvalue weighted by Gasteiger charge is -2.65. The van der Waals surface area contributed by atoms with E-state index in [2.05, 4.69) is 52.6 Å². The summed E-state index contributed by atoms with van der Waals surface area (Å²) in [5.74, 6) is -1.55. The van der Waals surface area contributed by atoms with Crippen molar-refractivity contribution >= 4 is 58.5 Å². The molecule has 6 heterocycles. The number of ether oxygens (including phenoxy) is 1. The van der Waals surface area contributed by atoms with Crippen LogP contribution in [0, 0.1) is 29.1 Å². The number of imide groups is 2. The van der Waals surface area contributed by atoms with Crippen molar-refractivity contribution in [2.45, 2.75) is 78.1 Å². The SMILES string of the molecule is [C-]#[N+]c1ccc(OC2C(C)(C)C(N3Cc4nc(N5CCC(CN6CCN(c7cc8c(cc7F)C(=O)N(C7CCC(=O)NC7=O)C8=O)CC6)CC5)ncc4C3=O)C2(C)C)cc1Cl. The van der Waals surface area contributed by atoms with Crippen molar-refractivity contribution < 1.29 is 33.1 Å². The van der Waals surface area contributed by atoms with Gasteiger partial charge < -0.3 is 19.4 Å². The van der Waals surface area contributed by atoms with Crippen LogP contribution in [0.15, 0.2) is 36.5 Å². The number of nitrogens with zero attached hydrogens (tertiary/aromatic N) is 8. The van der Waals surface area contributed by atoms with E-state index >= 15 is 4.39 Å². The number of fused-ring (bicyclic) bond motifs is 2. The number of hydrogen-bond donors (Lipinski definition) is 1. The summed E-state index contributed by atoms with van der Waals surface area (Å²) < 4.78 is 22.0. The van der Waals surface area contributed by atoms with E-state index in [1.165, 1.54) is 6.07 Å². The lowest BCUT2D eigenvalue weighted by atomic mass is 9.49. The number of anilines is 2. The molecule has 0 bridgehead atoms. The molecular weight excluding hydrogens is 805 g/mol. The molecule has 1 aromatic heterocycles. The predicted octanol–water partition coefficient (Wildman–Crippen LogP) is 5.10. The summed E-state index contributed by atoms with van der Waals surface area (Å²) in [6.07, 6.45) is 3.40. The van der Waals surface area contributed by atoms with E-state index in [4.69, 9.17) is 27.9 Å². The first kappa shape index (κ1) is 40.7. The Morgan fingerprint density at radius 2 is 1.57 bits per heavy atom. The first-order valence-electron chi connectivity index (χ1n) is 20.8. The topological polar surface area (TPSA) is 153 Å². The van der Waals surface area contributed by atoms with Crippen LogP contribution in [0.1, 0.15) is 90.1 Å². The van der Waals surface area contributed by atoms with Gasteiger partial charge in [-0.05, 0) is 49.4 Å². The molecule has 1 N–H and O–H groups in total. The third-order valence-electron chi connectivity index (χ3n) is 13.7. The molecule has 5 aliphatic heterocycles. The lowest BCUT2D eigenvalue weighted by Crippen LogP contribution is -2.74. The van der Waals surface area contributed by atoms with Gasteiger partial charge in [0.05, 0.1) is 46.2 Å². The van der Waals surface area contributed by atoms with Gasteiger partial charge in [-0.3, -0.25) is 39.1 Å². The molecule has 1 unspecified atom stereocenters. The highest BCUT2D eigenvalue weighted by molar-refractivity contribution is 6.33. The van der Waals surface area contributed by atoms with Crippen LogP contribution in [-0.2, 0) is 16.1 Å². The number of amides is 5. The van der Waals surface area contributed by atoms with E-state index in [0.717, 1.165) is 49.1 Å². The van der Waals surface area contributed by atoms with Crippen LogP contribution in [0.25, 0.3) is 4.85 Å². The molecule has 17 heteroatoms. The Hall–Kier alpha value is -5.66. The highest BCUT2D eigenvalue weighted by atomic mass is 35.5. The number of piperidine rings is 2. The number of piperazine rings is 1. The van der Waals surface area contributed by atoms with Gasteiger partial charge in [0.1, 0.15) is 23.7 Å². The average Bonchev–Trinajstić information content (AvgIpc) is 3.66. The third kappa shape index (κ3) is 6.86. The molecule has 61 heavy (non-hydrogen) atoms. The Labute approximate surface area is 358 Å². The first-order valence-corrected chi connectivity index (χ1v) is 21.2. The third-order valence-corrected chi connectivity index (χ3v) is 14.0. The fourth-order valence-corrected chi connectivity index (χ4v) is 11.2. The van der Waals surface area contributed by atoms with Crippen molar-refractivity contribution in [2.24, 2.45) is 16.7 Å². The van der Waals surface area contributed by atoms with E-state index in [-0.39, 0.29) is 58.5 Å². The average molecular weight is 852 g/mol. The lowest BCUT2D eigenvalue weighted by molar-refractivity contribution is -0.199. The Balaban J connectivity index is 0.775. The maximum atomic E-state index is 15.5. The van der Waals surface area contributed by atoms with Gasteiger partial charge >= 0.3 is 0 Å². The second kappa shape index (κ2) is 15.1. The van der Waals surface area contributed by atoms with E-state index in [0.29, 0.717) is 66.6 Å². The molecule has 2 aromatic carbocycles. The number of nitrogens with one attached hydrogen (secondary N) is 1. The monoisotopic (exact) mass is 851 g/mol. The van der Waals surface area contributed by atoms with Gasteiger partial charge in [0.15, 0.2) is 0 Å². The van der Waals surface area contributed by atoms with Gasteiger partial charge in [-0.2, -0.15) is 0 Å². The quantitative estimate of drug-likeness (QED) is 0.238. The maximum absolute atomic E-state index is 15.5. The van der Waals surface area contributed by atoms with Crippen molar-refractivity contribution in [3.63, 3.8) is 0 Å². The van der Waals surface area contributed by atoms with Crippen molar-refractivity contribution in [3.8, 4) is 5.75 Å². The normalized spacial score (nSPS) is 25.0. The van der Waals surface area contributed by atoms with Crippen molar-refractivity contribution in [2.75, 3.05) is 55.6 Å². The molecule has 318 valence electrons. The van der Waals surface area contributed by atoms with Gasteiger partial charge in [-0.1, -0.05) is 45.4 Å². The van der Waals surface area contributed by atoms with Crippen LogP contribution in [0.3, 0.4) is 0 Å². The van der Waals surface area contributed by atoms with Crippen LogP contribution in [0.2, 0.25) is 5.02 Å². The van der Waals surface area contributed by atoms with Crippen LogP contribution in [-0.4, -0.2) is 118 Å². The molecule has 1 aliphatic carbocycles. The highest BCUT2D eigenvalue weighted by Crippen LogP contribution is 2.59. The van der Waals surface area contributed by atoms with Crippen LogP contribution < -0.4 is 19.9 Å². The number of rotatable bonds is 8. The zero-order valence-electron chi connectivity index (χ0n) is 34.5. The van der Waals surface area contributed by atoms with Crippen molar-refractivity contribution in [1.29, 1.82) is 0 Å². The minimum atomic E-state index is -1.11. The van der Waals surface area contributed by atoms with E-state index < -0.39 is 35.5 Å². The molecule has 1 saturated carbocycles. The zero-order valence-corrected chi connectivity index (χ0v) is 35.3. The number of carbonyl (C=O) groups is 5. The summed E-state index contributed by atoms with van der Waals surface area (Å²) in [6, 6.07) is 6.38. The molecule has 1 atom stereocenters. The Bertz CT molecular complexity index is 2410. The van der Waals surface area contributed by atoms with Crippen LogP contribution >= 0.6 is 11.6 Å². The Kier molecular flexibility index (Phi) is 10.1. The minimum absolute atomic E-state index is 0.0107. The van der Waals surface area contributed by atoms with Crippen LogP contribution in [0.4, 0.5) is 21.7 Å². The molecule has 4 fully saturated rings. The number of benzene rings is 2. The molecule has 9 rings (SSSR count). The number of aromatic nitrogens is 2. The summed E-state index contributed by atoms with van der Waals surface area (Å²) in [5.41, 5.74) is 1.10. The molecule has 0 radical (unpaired) electrons. The van der Waals surface area contributed by atoms with E-state index in [1.54, 1.807) is 24.4 Å². The molecule has 5 amide bonds. The van der Waals surface area contributed by atoms with Gasteiger partial charge in [-0.25, -0.2) is 19.2 Å². The molecule has 15 nitrogen and oxygen atoms in total. The largest absolute Gasteiger partial charge is 0.489 e. The fourth-order valence-electron chi connectivity index (χ4n) is 11.0. The standard InChI is InChI=1S/C44H47ClFN9O6/c1-43(2)40(44(3,4)41(43)61-25-6-7-31(47-5)29(45)18-25)54-23-32-28(37(54)58)21-48-42(49-32)53-12-10-24(11-13-53)22-51-14-16-52(17-15-51)34-20-27-26(19-30(34)46)38(59)55(39(27)60)33-8-9-35(56)50-36(33)57/h6-7,18-21,24,33,40-41H,8-17,22-23H2,1-4H3,(H,50,56,57). The summed E-state index contributed by atoms with van der Waals surface area (Å²) in [6.45, 7) is 21.1. The minimum Gasteiger partial charge on any atom is -0.489 e. The van der Waals surface area contributed by atoms with Gasteiger partial charge in [0.25, 0.3) is 17.7 Å². The molecular formula is C44H47ClFN9O6. The number of halogens is 2. The van der Waals surface area contributed by atoms with Crippen molar-refractivity contribution in [1.82, 2.24) is 30.0 Å². The molecule has 0 spiro atoms. The summed E-state index contributed by atoms with van der Waals surface area (Å²) in [7, 11) is 0. The second-order valence-electron chi connectivity index (χ2n) is 18.2. The maximum Gasteiger partial charge on any atom is 0.262 e. The Morgan fingerprint density at radius 3 is 2.23 bits per heavy atom. The second-order valence-corrected chi connectivity index (χ2v) is 18.7. The van der Waals surface area contributed by atoms with E-state index in [1.807, 2.05) is 9.80 Å². The zero-order chi connectivity index (χ0) is 43.1. The van der Waals surface area contributed by atoms with Gasteiger partial charge in [-0.15, -0.1) is 0 Å². The summed E-state index contributed by atoms with van der Waals surface area (Å²) in [4.78, 5) is 86.7. The molecule has 3 saturated heterocycles. The van der Waals surface area contributed by atoms with E-state index in [9.17, 15) is 24.0 Å². The first-order chi connectivity index (χ1) is 29.1. The summed E-state index contributed by atoms with van der Waals surface area (Å²) in [5, 5.41) is 2.52. The highest BCUT2D eigenvalue weighted by Gasteiger charge is 2.67. The van der Waals surface area contributed by atoms with Crippen LogP contribution in [0.5, 0.6) is 5.75 Å². The Morgan fingerprint density at radius 1 is 0.885 bits per heavy atom. The summed E-state index contributed by atoms with van der Waals surface area (Å²) >= 11 is 6.30. The molecule has 3 aromatic rings. The fraction of sp³-hybridized carbons (Fsp3) is 0.500. The molecule has 6 aliphatic rings. The smallest absolute Gasteiger partial charge is 0.262 e. The number of hydrogen-bond acceptors (Lipinski definition) is 11.